The predicted molar refractivity (Wildman–Crippen MR) is 159 cm³/mol. The normalized spacial score (nSPS) is 15.1. The Hall–Kier alpha value is -5.19. The molecule has 4 aromatic rings. The van der Waals surface area contributed by atoms with E-state index in [1.54, 1.807) is 53.6 Å². The second-order valence-electron chi connectivity index (χ2n) is 10.5. The van der Waals surface area contributed by atoms with E-state index in [2.05, 4.69) is 15.6 Å². The molecule has 2 heterocycles. The minimum absolute atomic E-state index is 0. The predicted octanol–water partition coefficient (Wildman–Crippen LogP) is 6.37. The molecule has 0 unspecified atom stereocenters. The summed E-state index contributed by atoms with van der Waals surface area (Å²) >= 11 is 0. The van der Waals surface area contributed by atoms with E-state index < -0.39 is 29.1 Å². The highest BCUT2D eigenvalue weighted by molar-refractivity contribution is 6.16. The number of carbonyl (C=O) groups is 3. The Morgan fingerprint density at radius 1 is 0.860 bits per heavy atom. The minimum atomic E-state index is -1.17. The van der Waals surface area contributed by atoms with Crippen molar-refractivity contribution >= 4 is 40.2 Å². The largest absolute Gasteiger partial charge is 0.493 e. The Bertz CT molecular complexity index is 1690. The first-order valence-electron chi connectivity index (χ1n) is 13.9. The molecule has 1 aliphatic heterocycles. The SMILES string of the molecule is COc1cc2c(Oc3ccc(NC(=O)C4(C(=O)Nc5ccc(F)cc5)CC4)cc3)ccnc2cc1OC(=O)N1CCCC1.[HH]. The fraction of sp³-hybridized carbons (Fsp3) is 0.250. The van der Waals surface area contributed by atoms with Crippen LogP contribution < -0.4 is 24.8 Å². The van der Waals surface area contributed by atoms with Crippen LogP contribution in [-0.4, -0.2) is 48.0 Å². The van der Waals surface area contributed by atoms with E-state index in [0.717, 1.165) is 12.8 Å². The summed E-state index contributed by atoms with van der Waals surface area (Å²) in [5, 5.41) is 6.16. The highest BCUT2D eigenvalue weighted by Gasteiger charge is 2.56. The number of aromatic nitrogens is 1. The van der Waals surface area contributed by atoms with Gasteiger partial charge in [-0.3, -0.25) is 14.6 Å². The van der Waals surface area contributed by atoms with Gasteiger partial charge in [0.25, 0.3) is 0 Å². The van der Waals surface area contributed by atoms with Crippen LogP contribution in [0.1, 0.15) is 27.1 Å². The zero-order chi connectivity index (χ0) is 30.0. The van der Waals surface area contributed by atoms with Crippen molar-refractivity contribution in [2.45, 2.75) is 25.7 Å². The van der Waals surface area contributed by atoms with Crippen molar-refractivity contribution < 1.29 is 34.4 Å². The number of pyridine rings is 1. The van der Waals surface area contributed by atoms with E-state index in [-0.39, 0.29) is 7.18 Å². The molecule has 0 spiro atoms. The van der Waals surface area contributed by atoms with Crippen LogP contribution in [0.5, 0.6) is 23.0 Å². The van der Waals surface area contributed by atoms with Gasteiger partial charge in [0, 0.05) is 43.5 Å². The summed E-state index contributed by atoms with van der Waals surface area (Å²) in [5.74, 6) is 0.409. The molecule has 1 aliphatic carbocycles. The molecule has 0 bridgehead atoms. The van der Waals surface area contributed by atoms with Gasteiger partial charge in [-0.05, 0) is 86.3 Å². The van der Waals surface area contributed by atoms with Crippen LogP contribution in [0.25, 0.3) is 10.9 Å². The molecule has 3 amide bonds. The summed E-state index contributed by atoms with van der Waals surface area (Å²) in [4.78, 5) is 44.5. The number of halogens is 1. The van der Waals surface area contributed by atoms with Crippen molar-refractivity contribution in [3.05, 3.63) is 78.7 Å². The number of ether oxygens (including phenoxy) is 3. The maximum Gasteiger partial charge on any atom is 0.415 e. The molecule has 1 aromatic heterocycles. The topological polar surface area (TPSA) is 119 Å². The fourth-order valence-corrected chi connectivity index (χ4v) is 4.97. The average molecular weight is 587 g/mol. The molecular formula is C32H31FN4O6. The number of carbonyl (C=O) groups excluding carboxylic acids is 3. The van der Waals surface area contributed by atoms with Crippen LogP contribution >= 0.6 is 0 Å². The molecule has 11 heteroatoms. The molecule has 0 atom stereocenters. The lowest BCUT2D eigenvalue weighted by molar-refractivity contribution is -0.131. The van der Waals surface area contributed by atoms with Gasteiger partial charge in [-0.15, -0.1) is 0 Å². The maximum atomic E-state index is 13.2. The van der Waals surface area contributed by atoms with E-state index in [1.807, 2.05) is 0 Å². The second kappa shape index (κ2) is 11.6. The number of fused-ring (bicyclic) bond motifs is 1. The lowest BCUT2D eigenvalue weighted by Gasteiger charge is -2.17. The van der Waals surface area contributed by atoms with Gasteiger partial charge >= 0.3 is 6.09 Å². The number of anilines is 2. The molecule has 2 N–H and O–H groups in total. The number of rotatable bonds is 8. The summed E-state index contributed by atoms with van der Waals surface area (Å²) in [6.45, 7) is 1.34. The number of methoxy groups -OCH3 is 1. The van der Waals surface area contributed by atoms with Crippen molar-refractivity contribution in [3.63, 3.8) is 0 Å². The smallest absolute Gasteiger partial charge is 0.415 e. The molecule has 2 fully saturated rings. The Morgan fingerprint density at radius 3 is 2.09 bits per heavy atom. The maximum absolute atomic E-state index is 13.2. The lowest BCUT2D eigenvalue weighted by atomic mass is 10.0. The highest BCUT2D eigenvalue weighted by atomic mass is 19.1. The zero-order valence-electron chi connectivity index (χ0n) is 23.4. The molecule has 6 rings (SSSR count). The van der Waals surface area contributed by atoms with Crippen molar-refractivity contribution in [2.24, 2.45) is 5.41 Å². The molecular weight excluding hydrogens is 555 g/mol. The number of benzene rings is 3. The van der Waals surface area contributed by atoms with E-state index in [0.29, 0.717) is 65.5 Å². The highest BCUT2D eigenvalue weighted by Crippen LogP contribution is 2.47. The molecule has 1 saturated heterocycles. The number of likely N-dealkylation sites (tertiary alicyclic amines) is 1. The van der Waals surface area contributed by atoms with Gasteiger partial charge in [-0.25, -0.2) is 9.18 Å². The van der Waals surface area contributed by atoms with E-state index in [1.165, 1.54) is 31.4 Å². The summed E-state index contributed by atoms with van der Waals surface area (Å²) in [6.07, 6.45) is 3.93. The third-order valence-electron chi connectivity index (χ3n) is 7.61. The first-order chi connectivity index (χ1) is 20.8. The van der Waals surface area contributed by atoms with Crippen LogP contribution in [0.15, 0.2) is 72.9 Å². The molecule has 0 radical (unpaired) electrons. The summed E-state index contributed by atoms with van der Waals surface area (Å²) in [7, 11) is 1.50. The Morgan fingerprint density at radius 2 is 1.49 bits per heavy atom. The number of nitrogens with one attached hydrogen (secondary N) is 2. The van der Waals surface area contributed by atoms with Crippen LogP contribution in [0.3, 0.4) is 0 Å². The van der Waals surface area contributed by atoms with Crippen molar-refractivity contribution in [1.29, 1.82) is 0 Å². The fourth-order valence-electron chi connectivity index (χ4n) is 4.97. The monoisotopic (exact) mass is 586 g/mol. The third kappa shape index (κ3) is 5.92. The summed E-state index contributed by atoms with van der Waals surface area (Å²) in [5.41, 5.74) is 0.316. The number of nitrogens with zero attached hydrogens (tertiary/aromatic N) is 2. The van der Waals surface area contributed by atoms with Crippen LogP contribution in [0.4, 0.5) is 20.6 Å². The van der Waals surface area contributed by atoms with Crippen LogP contribution in [-0.2, 0) is 9.59 Å². The molecule has 222 valence electrons. The second-order valence-corrected chi connectivity index (χ2v) is 10.5. The van der Waals surface area contributed by atoms with Crippen LogP contribution in [0.2, 0.25) is 0 Å². The van der Waals surface area contributed by atoms with E-state index in [9.17, 15) is 18.8 Å². The van der Waals surface area contributed by atoms with Crippen molar-refractivity contribution in [2.75, 3.05) is 30.8 Å². The molecule has 1 saturated carbocycles. The number of amides is 3. The van der Waals surface area contributed by atoms with Gasteiger partial charge in [-0.2, -0.15) is 0 Å². The molecule has 3 aromatic carbocycles. The van der Waals surface area contributed by atoms with Gasteiger partial charge in [0.2, 0.25) is 11.8 Å². The molecule has 2 aliphatic rings. The van der Waals surface area contributed by atoms with Gasteiger partial charge in [0.05, 0.1) is 12.6 Å². The summed E-state index contributed by atoms with van der Waals surface area (Å²) in [6, 6.07) is 17.2. The third-order valence-corrected chi connectivity index (χ3v) is 7.61. The van der Waals surface area contributed by atoms with E-state index in [4.69, 9.17) is 14.2 Å². The Kier molecular flexibility index (Phi) is 7.54. The standard InChI is InChI=1S/C32H29FN4O6.H2/c1-41-27-18-24-25(19-28(27)43-31(40)37-16-2-3-17-37)34-15-12-26(24)42-23-10-8-22(9-11-23)36-30(39)32(13-14-32)29(38)35-21-6-4-20(33)5-7-21;/h4-12,15,18-19H,2-3,13-14,16-17H2,1H3,(H,35,38)(H,36,39);1H. The van der Waals surface area contributed by atoms with Gasteiger partial charge in [-0.1, -0.05) is 0 Å². The van der Waals surface area contributed by atoms with Crippen LogP contribution in [0, 0.1) is 11.2 Å². The van der Waals surface area contributed by atoms with Gasteiger partial charge in [0.15, 0.2) is 11.5 Å². The first kappa shape index (κ1) is 28.0. The summed E-state index contributed by atoms with van der Waals surface area (Å²) < 4.78 is 30.4. The average Bonchev–Trinajstić information content (AvgIpc) is 3.65. The quantitative estimate of drug-likeness (QED) is 0.230. The lowest BCUT2D eigenvalue weighted by Crippen LogP contribution is -2.35. The van der Waals surface area contributed by atoms with Crippen molar-refractivity contribution in [3.8, 4) is 23.0 Å². The first-order valence-corrected chi connectivity index (χ1v) is 13.9. The molecule has 10 nitrogen and oxygen atoms in total. The van der Waals surface area contributed by atoms with E-state index >= 15 is 0 Å². The van der Waals surface area contributed by atoms with Gasteiger partial charge < -0.3 is 29.7 Å². The molecule has 43 heavy (non-hydrogen) atoms. The number of hydrogen-bond acceptors (Lipinski definition) is 7. The zero-order valence-corrected chi connectivity index (χ0v) is 23.4. The number of hydrogen-bond donors (Lipinski definition) is 2. The van der Waals surface area contributed by atoms with Gasteiger partial charge in [0.1, 0.15) is 22.7 Å². The van der Waals surface area contributed by atoms with Crippen molar-refractivity contribution in [1.82, 2.24) is 9.88 Å². The Labute approximate surface area is 248 Å². The Balaban J connectivity index is 0.00000384. The minimum Gasteiger partial charge on any atom is -0.493 e.